The molecule has 0 aliphatic rings. The highest BCUT2D eigenvalue weighted by molar-refractivity contribution is 5.95. The molecule has 2 rings (SSSR count). The largest absolute Gasteiger partial charge is 0.573 e. The average molecular weight is 370 g/mol. The molecule has 6 nitrogen and oxygen atoms in total. The van der Waals surface area contributed by atoms with Crippen LogP contribution in [-0.2, 0) is 4.79 Å². The van der Waals surface area contributed by atoms with Gasteiger partial charge in [0.05, 0.1) is 26.5 Å². The number of alkyl halides is 3. The minimum atomic E-state index is -4.74. The van der Waals surface area contributed by atoms with Crippen molar-refractivity contribution < 1.29 is 32.2 Å². The van der Waals surface area contributed by atoms with Gasteiger partial charge in [0.25, 0.3) is 0 Å². The molecule has 0 aliphatic heterocycles. The van der Waals surface area contributed by atoms with Crippen LogP contribution in [0.1, 0.15) is 0 Å². The van der Waals surface area contributed by atoms with Gasteiger partial charge in [-0.25, -0.2) is 0 Å². The van der Waals surface area contributed by atoms with E-state index < -0.39 is 6.36 Å². The number of hydrogen-bond donors (Lipinski definition) is 2. The molecular weight excluding hydrogens is 353 g/mol. The summed E-state index contributed by atoms with van der Waals surface area (Å²) >= 11 is 0. The predicted octanol–water partition coefficient (Wildman–Crippen LogP) is 3.65. The van der Waals surface area contributed by atoms with Crippen molar-refractivity contribution in [2.75, 3.05) is 31.4 Å². The first-order chi connectivity index (χ1) is 12.3. The van der Waals surface area contributed by atoms with Gasteiger partial charge >= 0.3 is 6.36 Å². The van der Waals surface area contributed by atoms with E-state index in [9.17, 15) is 18.0 Å². The molecule has 0 bridgehead atoms. The highest BCUT2D eigenvalue weighted by Crippen LogP contribution is 2.29. The van der Waals surface area contributed by atoms with Gasteiger partial charge in [-0.3, -0.25) is 4.79 Å². The Labute approximate surface area is 147 Å². The van der Waals surface area contributed by atoms with Gasteiger partial charge in [0.1, 0.15) is 17.2 Å². The van der Waals surface area contributed by atoms with E-state index in [2.05, 4.69) is 15.4 Å². The molecule has 0 aromatic heterocycles. The fourth-order valence-corrected chi connectivity index (χ4v) is 2.05. The molecule has 0 heterocycles. The van der Waals surface area contributed by atoms with Crippen molar-refractivity contribution in [2.24, 2.45) is 0 Å². The van der Waals surface area contributed by atoms with Crippen LogP contribution in [-0.4, -0.2) is 33.0 Å². The monoisotopic (exact) mass is 370 g/mol. The van der Waals surface area contributed by atoms with E-state index in [1.54, 1.807) is 18.2 Å². The SMILES string of the molecule is COc1ccc(NC(=O)CNc2ccc(OC(F)(F)F)cc2)c(OC)c1. The van der Waals surface area contributed by atoms with Crippen LogP contribution in [0.2, 0.25) is 0 Å². The lowest BCUT2D eigenvalue weighted by atomic mass is 10.2. The van der Waals surface area contributed by atoms with E-state index in [4.69, 9.17) is 9.47 Å². The molecule has 2 aromatic carbocycles. The molecule has 0 fully saturated rings. The van der Waals surface area contributed by atoms with Gasteiger partial charge in [-0.15, -0.1) is 13.2 Å². The van der Waals surface area contributed by atoms with Crippen molar-refractivity contribution in [1.29, 1.82) is 0 Å². The van der Waals surface area contributed by atoms with Crippen molar-refractivity contribution in [3.8, 4) is 17.2 Å². The Morgan fingerprint density at radius 3 is 2.23 bits per heavy atom. The highest BCUT2D eigenvalue weighted by Gasteiger charge is 2.30. The number of rotatable bonds is 7. The van der Waals surface area contributed by atoms with Crippen LogP contribution in [0.3, 0.4) is 0 Å². The number of nitrogens with one attached hydrogen (secondary N) is 2. The smallest absolute Gasteiger partial charge is 0.497 e. The first-order valence-electron chi connectivity index (χ1n) is 7.42. The Kier molecular flexibility index (Phi) is 6.16. The third kappa shape index (κ3) is 5.76. The van der Waals surface area contributed by atoms with E-state index in [1.165, 1.54) is 26.4 Å². The minimum Gasteiger partial charge on any atom is -0.497 e. The second-order valence-electron chi connectivity index (χ2n) is 5.04. The number of benzene rings is 2. The zero-order chi connectivity index (χ0) is 19.2. The zero-order valence-electron chi connectivity index (χ0n) is 14.0. The van der Waals surface area contributed by atoms with Gasteiger partial charge in [0.15, 0.2) is 0 Å². The molecular formula is C17H17F3N2O4. The van der Waals surface area contributed by atoms with Crippen molar-refractivity contribution in [3.05, 3.63) is 42.5 Å². The standard InChI is InChI=1S/C17H17F3N2O4/c1-24-13-7-8-14(15(9-13)25-2)22-16(23)10-21-11-3-5-12(6-4-11)26-17(18,19)20/h3-9,21H,10H2,1-2H3,(H,22,23). The molecule has 9 heteroatoms. The molecule has 0 spiro atoms. The molecule has 0 atom stereocenters. The Balaban J connectivity index is 1.91. The number of methoxy groups -OCH3 is 2. The minimum absolute atomic E-state index is 0.0886. The van der Waals surface area contributed by atoms with Crippen LogP contribution in [0.15, 0.2) is 42.5 Å². The first kappa shape index (κ1) is 19.2. The molecule has 26 heavy (non-hydrogen) atoms. The van der Waals surface area contributed by atoms with Crippen molar-refractivity contribution >= 4 is 17.3 Å². The number of ether oxygens (including phenoxy) is 3. The van der Waals surface area contributed by atoms with Crippen LogP contribution in [0.4, 0.5) is 24.5 Å². The molecule has 1 amide bonds. The molecule has 0 saturated heterocycles. The topological polar surface area (TPSA) is 68.8 Å². The van der Waals surface area contributed by atoms with Crippen molar-refractivity contribution in [1.82, 2.24) is 0 Å². The number of carbonyl (C=O) groups is 1. The van der Waals surface area contributed by atoms with E-state index >= 15 is 0 Å². The fraction of sp³-hybridized carbons (Fsp3) is 0.235. The fourth-order valence-electron chi connectivity index (χ4n) is 2.05. The van der Waals surface area contributed by atoms with Gasteiger partial charge in [-0.2, -0.15) is 0 Å². The maximum absolute atomic E-state index is 12.1. The lowest BCUT2D eigenvalue weighted by Crippen LogP contribution is -2.22. The molecule has 140 valence electrons. The number of anilines is 2. The number of halogens is 3. The normalized spacial score (nSPS) is 10.8. The van der Waals surface area contributed by atoms with Gasteiger partial charge in [0.2, 0.25) is 5.91 Å². The van der Waals surface area contributed by atoms with Crippen molar-refractivity contribution in [3.63, 3.8) is 0 Å². The van der Waals surface area contributed by atoms with E-state index in [-0.39, 0.29) is 18.2 Å². The summed E-state index contributed by atoms with van der Waals surface area (Å²) in [4.78, 5) is 12.0. The van der Waals surface area contributed by atoms with Crippen molar-refractivity contribution in [2.45, 2.75) is 6.36 Å². The molecule has 0 radical (unpaired) electrons. The number of amides is 1. The maximum Gasteiger partial charge on any atom is 0.573 e. The zero-order valence-corrected chi connectivity index (χ0v) is 14.0. The van der Waals surface area contributed by atoms with Crippen LogP contribution in [0.25, 0.3) is 0 Å². The summed E-state index contributed by atoms with van der Waals surface area (Å²) in [6.07, 6.45) is -4.74. The third-order valence-electron chi connectivity index (χ3n) is 3.22. The summed E-state index contributed by atoms with van der Waals surface area (Å²) in [5, 5.41) is 5.47. The second kappa shape index (κ2) is 8.32. The van der Waals surface area contributed by atoms with Gasteiger partial charge in [0, 0.05) is 11.8 Å². The van der Waals surface area contributed by atoms with Crippen LogP contribution in [0.5, 0.6) is 17.2 Å². The predicted molar refractivity (Wildman–Crippen MR) is 89.8 cm³/mol. The number of hydrogen-bond acceptors (Lipinski definition) is 5. The molecule has 2 aromatic rings. The third-order valence-corrected chi connectivity index (χ3v) is 3.22. The Hall–Kier alpha value is -3.10. The Morgan fingerprint density at radius 2 is 1.65 bits per heavy atom. The lowest BCUT2D eigenvalue weighted by molar-refractivity contribution is -0.274. The molecule has 0 unspecified atom stereocenters. The van der Waals surface area contributed by atoms with Gasteiger partial charge in [-0.1, -0.05) is 0 Å². The van der Waals surface area contributed by atoms with E-state index in [1.807, 2.05) is 0 Å². The quantitative estimate of drug-likeness (QED) is 0.779. The number of carbonyl (C=O) groups excluding carboxylic acids is 1. The highest BCUT2D eigenvalue weighted by atomic mass is 19.4. The molecule has 0 aliphatic carbocycles. The Morgan fingerprint density at radius 1 is 1.00 bits per heavy atom. The first-order valence-corrected chi connectivity index (χ1v) is 7.42. The summed E-state index contributed by atoms with van der Waals surface area (Å²) in [5.41, 5.74) is 0.936. The molecule has 0 saturated carbocycles. The van der Waals surface area contributed by atoms with Crippen LogP contribution < -0.4 is 24.8 Å². The summed E-state index contributed by atoms with van der Waals surface area (Å²) in [6, 6.07) is 10.00. The summed E-state index contributed by atoms with van der Waals surface area (Å²) < 4.78 is 50.3. The Bertz CT molecular complexity index is 749. The summed E-state index contributed by atoms with van der Waals surface area (Å²) in [6.45, 7) is -0.0886. The van der Waals surface area contributed by atoms with Gasteiger partial charge in [-0.05, 0) is 36.4 Å². The maximum atomic E-state index is 12.1. The van der Waals surface area contributed by atoms with Gasteiger partial charge < -0.3 is 24.8 Å². The van der Waals surface area contributed by atoms with Crippen LogP contribution in [0, 0.1) is 0 Å². The van der Waals surface area contributed by atoms with E-state index in [0.29, 0.717) is 22.9 Å². The lowest BCUT2D eigenvalue weighted by Gasteiger charge is -2.13. The summed E-state index contributed by atoms with van der Waals surface area (Å²) in [7, 11) is 2.98. The average Bonchev–Trinajstić information content (AvgIpc) is 2.60. The van der Waals surface area contributed by atoms with E-state index in [0.717, 1.165) is 12.1 Å². The van der Waals surface area contributed by atoms with Crippen LogP contribution >= 0.6 is 0 Å². The molecule has 2 N–H and O–H groups in total. The summed E-state index contributed by atoms with van der Waals surface area (Å²) in [5.74, 6) is 0.324. The second-order valence-corrected chi connectivity index (χ2v) is 5.04.